The maximum Gasteiger partial charge on any atom is 0.306 e. The van der Waals surface area contributed by atoms with E-state index in [2.05, 4.69) is 118 Å². The minimum absolute atomic E-state index is 0.118. The minimum atomic E-state index is -0.829. The van der Waals surface area contributed by atoms with Gasteiger partial charge in [-0.05, 0) is 96.3 Å². The quantitative estimate of drug-likeness (QED) is 0.0262. The third kappa shape index (κ3) is 49.1. The van der Waals surface area contributed by atoms with Crippen molar-refractivity contribution in [3.8, 4) is 0 Å². The van der Waals surface area contributed by atoms with Gasteiger partial charge in [-0.3, -0.25) is 14.4 Å². The zero-order valence-electron chi connectivity index (χ0n) is 41.3. The summed E-state index contributed by atoms with van der Waals surface area (Å²) >= 11 is 0. The number of allylic oxidation sites excluding steroid dienone is 18. The predicted molar refractivity (Wildman–Crippen MR) is 274 cm³/mol. The highest BCUT2D eigenvalue weighted by atomic mass is 16.6. The lowest BCUT2D eigenvalue weighted by molar-refractivity contribution is -0.166. The number of hydrogen-bond acceptors (Lipinski definition) is 6. The molecule has 0 bridgehead atoms. The van der Waals surface area contributed by atoms with E-state index in [1.807, 2.05) is 12.2 Å². The van der Waals surface area contributed by atoms with Gasteiger partial charge in [-0.15, -0.1) is 0 Å². The summed E-state index contributed by atoms with van der Waals surface area (Å²) in [6, 6.07) is 0. The zero-order chi connectivity index (χ0) is 46.5. The van der Waals surface area contributed by atoms with Crippen LogP contribution in [-0.4, -0.2) is 37.2 Å². The van der Waals surface area contributed by atoms with Gasteiger partial charge in [0, 0.05) is 19.3 Å². The average molecular weight is 887 g/mol. The van der Waals surface area contributed by atoms with E-state index < -0.39 is 6.10 Å². The lowest BCUT2D eigenvalue weighted by atomic mass is 10.0. The van der Waals surface area contributed by atoms with Crippen molar-refractivity contribution >= 4 is 17.9 Å². The van der Waals surface area contributed by atoms with Crippen LogP contribution < -0.4 is 0 Å². The van der Waals surface area contributed by atoms with Crippen molar-refractivity contribution in [3.05, 3.63) is 109 Å². The molecule has 0 unspecified atom stereocenters. The van der Waals surface area contributed by atoms with Crippen LogP contribution in [0.4, 0.5) is 0 Å². The van der Waals surface area contributed by atoms with E-state index in [1.165, 1.54) is 83.5 Å². The fraction of sp³-hybridized carbons (Fsp3) is 0.638. The van der Waals surface area contributed by atoms with Crippen molar-refractivity contribution < 1.29 is 28.6 Å². The molecule has 6 heteroatoms. The van der Waals surface area contributed by atoms with E-state index >= 15 is 0 Å². The number of carbonyl (C=O) groups excluding carboxylic acids is 3. The van der Waals surface area contributed by atoms with Gasteiger partial charge in [0.15, 0.2) is 6.10 Å². The largest absolute Gasteiger partial charge is 0.462 e. The third-order valence-corrected chi connectivity index (χ3v) is 10.5. The standard InChI is InChI=1S/C58H94O6/c1-4-7-10-13-16-19-22-25-27-28-29-30-32-33-36-39-42-45-48-51-57(60)63-54-55(53-62-56(59)50-47-44-41-38-35-24-21-18-15-12-9-6-3)64-58(61)52-49-46-43-40-37-34-31-26-23-20-17-14-11-8-5-2/h8,11,16-17,19-20,25-27,29-31,33,36-37,40,42,45,55H,4-7,9-10,12-15,18,21-24,28,32,34-35,38-39,41,43-44,46-54H2,1-3H3/b11-8-,19-16-,20-17-,27-25-,30-29-,31-26-,36-33-,40-37-,45-42-/t55-/m0/s1. The van der Waals surface area contributed by atoms with Gasteiger partial charge in [-0.2, -0.15) is 0 Å². The molecule has 362 valence electrons. The van der Waals surface area contributed by atoms with Crippen molar-refractivity contribution in [1.82, 2.24) is 0 Å². The van der Waals surface area contributed by atoms with Crippen LogP contribution >= 0.6 is 0 Å². The molecular weight excluding hydrogens is 793 g/mol. The first-order valence-electron chi connectivity index (χ1n) is 25.9. The van der Waals surface area contributed by atoms with Gasteiger partial charge < -0.3 is 14.2 Å². The van der Waals surface area contributed by atoms with Crippen LogP contribution in [0.5, 0.6) is 0 Å². The van der Waals surface area contributed by atoms with Crippen LogP contribution in [0.2, 0.25) is 0 Å². The van der Waals surface area contributed by atoms with E-state index in [9.17, 15) is 14.4 Å². The summed E-state index contributed by atoms with van der Waals surface area (Å²) in [5, 5.41) is 0. The molecule has 6 nitrogen and oxygen atoms in total. The van der Waals surface area contributed by atoms with Gasteiger partial charge in [-0.25, -0.2) is 0 Å². The molecule has 64 heavy (non-hydrogen) atoms. The van der Waals surface area contributed by atoms with E-state index in [4.69, 9.17) is 14.2 Å². The Bertz CT molecular complexity index is 1340. The Hall–Kier alpha value is -3.93. The zero-order valence-corrected chi connectivity index (χ0v) is 41.3. The molecule has 0 aromatic heterocycles. The monoisotopic (exact) mass is 887 g/mol. The first kappa shape index (κ1) is 60.1. The van der Waals surface area contributed by atoms with Gasteiger partial charge >= 0.3 is 17.9 Å². The average Bonchev–Trinajstić information content (AvgIpc) is 3.29. The lowest BCUT2D eigenvalue weighted by Crippen LogP contribution is -2.30. The van der Waals surface area contributed by atoms with Crippen molar-refractivity contribution in [2.24, 2.45) is 0 Å². The fourth-order valence-corrected chi connectivity index (χ4v) is 6.65. The van der Waals surface area contributed by atoms with E-state index in [0.717, 1.165) is 83.5 Å². The van der Waals surface area contributed by atoms with Gasteiger partial charge in [0.25, 0.3) is 0 Å². The fourth-order valence-electron chi connectivity index (χ4n) is 6.65. The highest BCUT2D eigenvalue weighted by Crippen LogP contribution is 2.13. The maximum atomic E-state index is 12.8. The molecule has 0 radical (unpaired) electrons. The highest BCUT2D eigenvalue weighted by molar-refractivity contribution is 5.71. The Balaban J connectivity index is 4.57. The smallest absolute Gasteiger partial charge is 0.306 e. The van der Waals surface area contributed by atoms with Crippen LogP contribution in [0.1, 0.15) is 220 Å². The predicted octanol–water partition coefficient (Wildman–Crippen LogP) is 17.1. The minimum Gasteiger partial charge on any atom is -0.462 e. The number of ether oxygens (including phenoxy) is 3. The number of hydrogen-bond donors (Lipinski definition) is 0. The Morgan fingerprint density at radius 3 is 1.08 bits per heavy atom. The first-order chi connectivity index (χ1) is 31.5. The third-order valence-electron chi connectivity index (χ3n) is 10.5. The van der Waals surface area contributed by atoms with Crippen LogP contribution in [0, 0.1) is 0 Å². The summed E-state index contributed by atoms with van der Waals surface area (Å²) in [6.07, 6.45) is 69.4. The number of esters is 3. The molecule has 0 N–H and O–H groups in total. The molecule has 0 saturated carbocycles. The molecule has 0 spiro atoms. The molecule has 0 aromatic carbocycles. The summed E-state index contributed by atoms with van der Waals surface area (Å²) in [4.78, 5) is 37.9. The first-order valence-corrected chi connectivity index (χ1v) is 25.9. The summed E-state index contributed by atoms with van der Waals surface area (Å²) in [5.74, 6) is -1.05. The normalized spacial score (nSPS) is 13.0. The topological polar surface area (TPSA) is 78.9 Å². The van der Waals surface area contributed by atoms with Gasteiger partial charge in [0.1, 0.15) is 13.2 Å². The maximum absolute atomic E-state index is 12.8. The van der Waals surface area contributed by atoms with E-state index in [-0.39, 0.29) is 44.0 Å². The van der Waals surface area contributed by atoms with Crippen LogP contribution in [0.25, 0.3) is 0 Å². The molecule has 0 saturated heterocycles. The molecule has 0 amide bonds. The Labute approximate surface area is 393 Å². The Morgan fingerprint density at radius 2 is 0.641 bits per heavy atom. The van der Waals surface area contributed by atoms with Crippen LogP contribution in [0.15, 0.2) is 109 Å². The summed E-state index contributed by atoms with van der Waals surface area (Å²) in [5.41, 5.74) is 0. The molecule has 0 rings (SSSR count). The molecule has 0 aliphatic rings. The SMILES string of the molecule is CC/C=C\C/C=C\C/C=C\C/C=C\CCCCC(=O)O[C@H](COC(=O)CC/C=C\C/C=C\C/C=C\C/C=C\C/C=C\CCCCC)COC(=O)CCCCCCCCCCCCCC. The molecule has 0 aliphatic heterocycles. The Morgan fingerprint density at radius 1 is 0.328 bits per heavy atom. The molecular formula is C58H94O6. The molecule has 0 aliphatic carbocycles. The summed E-state index contributed by atoms with van der Waals surface area (Å²) in [6.45, 7) is 6.38. The van der Waals surface area contributed by atoms with E-state index in [1.54, 1.807) is 0 Å². The highest BCUT2D eigenvalue weighted by Gasteiger charge is 2.19. The van der Waals surface area contributed by atoms with Gasteiger partial charge in [0.05, 0.1) is 0 Å². The van der Waals surface area contributed by atoms with Crippen molar-refractivity contribution in [2.75, 3.05) is 13.2 Å². The Kier molecular flexibility index (Phi) is 48.5. The molecule has 0 aromatic rings. The summed E-state index contributed by atoms with van der Waals surface area (Å²) < 4.78 is 16.7. The van der Waals surface area contributed by atoms with Crippen LogP contribution in [0.3, 0.4) is 0 Å². The molecule has 0 heterocycles. The van der Waals surface area contributed by atoms with Crippen molar-refractivity contribution in [1.29, 1.82) is 0 Å². The van der Waals surface area contributed by atoms with Gasteiger partial charge in [0.2, 0.25) is 0 Å². The number of unbranched alkanes of at least 4 members (excludes halogenated alkanes) is 16. The lowest BCUT2D eigenvalue weighted by Gasteiger charge is -2.18. The molecule has 1 atom stereocenters. The van der Waals surface area contributed by atoms with Crippen molar-refractivity contribution in [3.63, 3.8) is 0 Å². The second-order valence-corrected chi connectivity index (χ2v) is 16.7. The van der Waals surface area contributed by atoms with Crippen LogP contribution in [-0.2, 0) is 28.6 Å². The van der Waals surface area contributed by atoms with E-state index in [0.29, 0.717) is 19.3 Å². The molecule has 0 fully saturated rings. The number of carbonyl (C=O) groups is 3. The second-order valence-electron chi connectivity index (χ2n) is 16.7. The second kappa shape index (κ2) is 51.7. The van der Waals surface area contributed by atoms with Crippen molar-refractivity contribution in [2.45, 2.75) is 226 Å². The van der Waals surface area contributed by atoms with Gasteiger partial charge in [-0.1, -0.05) is 214 Å². The number of rotatable bonds is 45. The summed E-state index contributed by atoms with van der Waals surface area (Å²) in [7, 11) is 0.